The van der Waals surface area contributed by atoms with Gasteiger partial charge in [-0.1, -0.05) is 46.5 Å². The smallest absolute Gasteiger partial charge is 0.407 e. The highest BCUT2D eigenvalue weighted by Crippen LogP contribution is 2.52. The number of rotatable bonds is 6. The Bertz CT molecular complexity index is 1180. The number of imidazole rings is 1. The molecule has 1 N–H and O–H groups in total. The summed E-state index contributed by atoms with van der Waals surface area (Å²) >= 11 is 0. The molecule has 2 aromatic rings. The van der Waals surface area contributed by atoms with Crippen molar-refractivity contribution in [2.75, 3.05) is 37.7 Å². The molecule has 2 aliphatic rings. The lowest BCUT2D eigenvalue weighted by atomic mass is 9.57. The van der Waals surface area contributed by atoms with Crippen LogP contribution in [0.15, 0.2) is 23.0 Å². The van der Waals surface area contributed by atoms with E-state index in [4.69, 9.17) is 4.74 Å². The second-order valence-corrected chi connectivity index (χ2v) is 19.1. The average molecular weight is 531 g/mol. The van der Waals surface area contributed by atoms with Crippen LogP contribution in [0.3, 0.4) is 0 Å². The van der Waals surface area contributed by atoms with Crippen molar-refractivity contribution in [1.29, 1.82) is 0 Å². The molecule has 2 saturated heterocycles. The number of aryl methyl sites for hydroxylation is 1. The molecule has 9 heteroatoms. The molecule has 2 fully saturated rings. The number of fused-ring (bicyclic) bond motifs is 1. The van der Waals surface area contributed by atoms with E-state index in [-0.39, 0.29) is 23.3 Å². The van der Waals surface area contributed by atoms with Gasteiger partial charge in [-0.25, -0.2) is 9.59 Å². The Kier molecular flexibility index (Phi) is 7.60. The van der Waals surface area contributed by atoms with Crippen molar-refractivity contribution >= 4 is 30.9 Å². The van der Waals surface area contributed by atoms with Crippen molar-refractivity contribution in [3.63, 3.8) is 0 Å². The van der Waals surface area contributed by atoms with Crippen molar-refractivity contribution < 1.29 is 14.6 Å². The molecule has 1 aromatic carbocycles. The molecular formula is C28H46N4O4Si. The van der Waals surface area contributed by atoms with E-state index in [2.05, 4.69) is 51.4 Å². The molecule has 1 amide bonds. The number of anilines is 1. The number of ether oxygens (including phenoxy) is 1. The molecule has 1 aromatic heterocycles. The minimum absolute atomic E-state index is 0.0346. The first-order valence-corrected chi connectivity index (χ1v) is 17.4. The summed E-state index contributed by atoms with van der Waals surface area (Å²) in [5.74, 6) is 0.321. The molecule has 37 heavy (non-hydrogen) atoms. The molecule has 0 aliphatic carbocycles. The van der Waals surface area contributed by atoms with Crippen molar-refractivity contribution in [2.45, 2.75) is 72.4 Å². The highest BCUT2D eigenvalue weighted by atomic mass is 28.3. The van der Waals surface area contributed by atoms with Gasteiger partial charge in [-0.05, 0) is 54.2 Å². The summed E-state index contributed by atoms with van der Waals surface area (Å²) in [6.07, 6.45) is 2.19. The molecule has 0 bridgehead atoms. The summed E-state index contributed by atoms with van der Waals surface area (Å²) in [7, 11) is 0.668. The fourth-order valence-corrected chi connectivity index (χ4v) is 7.33. The van der Waals surface area contributed by atoms with Crippen LogP contribution in [0, 0.1) is 16.7 Å². The van der Waals surface area contributed by atoms with Crippen molar-refractivity contribution in [1.82, 2.24) is 14.0 Å². The Labute approximate surface area is 222 Å². The van der Waals surface area contributed by atoms with E-state index in [1.54, 1.807) is 14.0 Å². The summed E-state index contributed by atoms with van der Waals surface area (Å²) < 4.78 is 9.47. The predicted molar refractivity (Wildman–Crippen MR) is 152 cm³/mol. The molecule has 8 nitrogen and oxygen atoms in total. The SMILES string of the molecule is Cn1c(=O)n(COCC[Si](C)(C)C)c2cccc(N3CCC4(CCN(C(=O)O)CC4C(C)(C)C)CC3)c21. The number of amides is 1. The van der Waals surface area contributed by atoms with Crippen LogP contribution in [0.1, 0.15) is 40.0 Å². The van der Waals surface area contributed by atoms with Gasteiger partial charge in [-0.3, -0.25) is 9.13 Å². The van der Waals surface area contributed by atoms with Crippen LogP contribution in [-0.4, -0.2) is 66.1 Å². The van der Waals surface area contributed by atoms with E-state index in [1.807, 2.05) is 19.2 Å². The van der Waals surface area contributed by atoms with Gasteiger partial charge in [0, 0.05) is 47.9 Å². The first kappa shape index (κ1) is 27.8. The van der Waals surface area contributed by atoms with Gasteiger partial charge in [0.05, 0.1) is 16.7 Å². The maximum Gasteiger partial charge on any atom is 0.407 e. The van der Waals surface area contributed by atoms with Crippen molar-refractivity contribution in [3.8, 4) is 0 Å². The van der Waals surface area contributed by atoms with E-state index in [9.17, 15) is 14.7 Å². The second-order valence-electron chi connectivity index (χ2n) is 13.5. The summed E-state index contributed by atoms with van der Waals surface area (Å²) in [6, 6.07) is 7.27. The summed E-state index contributed by atoms with van der Waals surface area (Å²) in [4.78, 5) is 28.9. The summed E-state index contributed by atoms with van der Waals surface area (Å²) in [6.45, 7) is 17.7. The molecule has 3 heterocycles. The van der Waals surface area contributed by atoms with E-state index in [1.165, 1.54) is 0 Å². The first-order valence-electron chi connectivity index (χ1n) is 13.7. The van der Waals surface area contributed by atoms with Crippen LogP contribution in [0.4, 0.5) is 10.5 Å². The van der Waals surface area contributed by atoms with Crippen LogP contribution >= 0.6 is 0 Å². The number of nitrogens with zero attached hydrogens (tertiary/aromatic N) is 4. The minimum atomic E-state index is -1.19. The number of likely N-dealkylation sites (tertiary alicyclic amines) is 1. The van der Waals surface area contributed by atoms with E-state index in [0.29, 0.717) is 25.6 Å². The number of aromatic nitrogens is 2. The lowest BCUT2D eigenvalue weighted by molar-refractivity contribution is -0.0373. The maximum atomic E-state index is 13.2. The molecule has 0 saturated carbocycles. The fourth-order valence-electron chi connectivity index (χ4n) is 6.57. The van der Waals surface area contributed by atoms with Gasteiger partial charge in [0.15, 0.2) is 0 Å². The molecule has 2 aliphatic heterocycles. The van der Waals surface area contributed by atoms with Crippen LogP contribution in [0.25, 0.3) is 11.0 Å². The molecule has 206 valence electrons. The normalized spacial score (nSPS) is 20.7. The molecule has 4 rings (SSSR count). The average Bonchev–Trinajstić information content (AvgIpc) is 3.06. The monoisotopic (exact) mass is 530 g/mol. The number of piperidine rings is 2. The standard InChI is InChI=1S/C28H46N4O4Si/c1-27(2,3)23-19-31(26(34)35)16-13-28(23)11-14-30(15-12-28)21-9-8-10-22-24(21)29(4)25(33)32(22)20-36-17-18-37(5,6)7/h8-10,23H,11-20H2,1-7H3,(H,34,35). The number of carbonyl (C=O) groups is 1. The van der Waals surface area contributed by atoms with Gasteiger partial charge in [0.2, 0.25) is 0 Å². The van der Waals surface area contributed by atoms with Gasteiger partial charge in [-0.2, -0.15) is 0 Å². The molecular weight excluding hydrogens is 484 g/mol. The molecule has 1 unspecified atom stereocenters. The predicted octanol–water partition coefficient (Wildman–Crippen LogP) is 5.28. The molecule has 1 spiro atoms. The Morgan fingerprint density at radius 1 is 1.14 bits per heavy atom. The zero-order valence-corrected chi connectivity index (χ0v) is 24.8. The van der Waals surface area contributed by atoms with Crippen LogP contribution in [-0.2, 0) is 18.5 Å². The highest BCUT2D eigenvalue weighted by Gasteiger charge is 2.50. The van der Waals surface area contributed by atoms with Gasteiger partial charge in [0.25, 0.3) is 0 Å². The van der Waals surface area contributed by atoms with E-state index in [0.717, 1.165) is 55.1 Å². The van der Waals surface area contributed by atoms with E-state index >= 15 is 0 Å². The number of hydrogen-bond acceptors (Lipinski definition) is 4. The summed E-state index contributed by atoms with van der Waals surface area (Å²) in [5.41, 5.74) is 3.12. The number of hydrogen-bond donors (Lipinski definition) is 1. The Balaban J connectivity index is 1.55. The lowest BCUT2D eigenvalue weighted by Crippen LogP contribution is -2.56. The Hall–Kier alpha value is -2.26. The fraction of sp³-hybridized carbons (Fsp3) is 0.714. The molecule has 1 atom stereocenters. The zero-order chi connectivity index (χ0) is 27.2. The van der Waals surface area contributed by atoms with Crippen molar-refractivity contribution in [3.05, 3.63) is 28.7 Å². The minimum Gasteiger partial charge on any atom is -0.465 e. The lowest BCUT2D eigenvalue weighted by Gasteiger charge is -2.55. The maximum absolute atomic E-state index is 13.2. The largest absolute Gasteiger partial charge is 0.465 e. The zero-order valence-electron chi connectivity index (χ0n) is 23.8. The van der Waals surface area contributed by atoms with Gasteiger partial charge in [0.1, 0.15) is 6.73 Å². The number of para-hydroxylation sites is 1. The van der Waals surface area contributed by atoms with Crippen LogP contribution < -0.4 is 10.6 Å². The quantitative estimate of drug-likeness (QED) is 0.406. The third-order valence-electron chi connectivity index (χ3n) is 8.79. The van der Waals surface area contributed by atoms with E-state index < -0.39 is 14.2 Å². The number of benzene rings is 1. The van der Waals surface area contributed by atoms with Gasteiger partial charge >= 0.3 is 11.8 Å². The Morgan fingerprint density at radius 3 is 2.38 bits per heavy atom. The van der Waals surface area contributed by atoms with Crippen molar-refractivity contribution in [2.24, 2.45) is 23.8 Å². The first-order chi connectivity index (χ1) is 17.2. The topological polar surface area (TPSA) is 79.9 Å². The third-order valence-corrected chi connectivity index (χ3v) is 10.5. The summed E-state index contributed by atoms with van der Waals surface area (Å²) in [5, 5.41) is 9.63. The second kappa shape index (κ2) is 10.1. The highest BCUT2D eigenvalue weighted by molar-refractivity contribution is 6.76. The van der Waals surface area contributed by atoms with Crippen LogP contribution in [0.2, 0.25) is 25.7 Å². The molecule has 0 radical (unpaired) electrons. The van der Waals surface area contributed by atoms with Gasteiger partial charge < -0.3 is 19.6 Å². The third kappa shape index (κ3) is 5.62. The Morgan fingerprint density at radius 2 is 1.78 bits per heavy atom. The van der Waals surface area contributed by atoms with Gasteiger partial charge in [-0.15, -0.1) is 0 Å². The number of carboxylic acid groups (broad SMARTS) is 1. The van der Waals surface area contributed by atoms with Crippen LogP contribution in [0.5, 0.6) is 0 Å².